The van der Waals surface area contributed by atoms with Gasteiger partial charge >= 0.3 is 0 Å². The molecule has 6 nitrogen and oxygen atoms in total. The van der Waals surface area contributed by atoms with Crippen molar-refractivity contribution in [3.05, 3.63) is 204 Å². The number of rotatable bonds is 4. The molecular weight excluding hydrogens is 785 g/mol. The van der Waals surface area contributed by atoms with Crippen LogP contribution in [0.4, 0.5) is 34.1 Å². The molecule has 2 aliphatic heterocycles. The van der Waals surface area contributed by atoms with Crippen LogP contribution in [0.1, 0.15) is 49.9 Å². The summed E-state index contributed by atoms with van der Waals surface area (Å²) in [5.74, 6) is 1.14. The SMILES string of the molecule is CC1(C)c2ccccc2N(c2cc(-c3nc4ccccc4o3)c3ccc4c(N5c6ccccc6C(C)(C)c6ccccc65)cc(-c5nc6ccccc6o5)cc4c3c2)c2ccccc21. The molecule has 0 saturated carbocycles. The molecule has 0 amide bonds. The molecule has 0 spiro atoms. The Balaban J connectivity index is 1.17. The Morgan fingerprint density at radius 1 is 0.375 bits per heavy atom. The van der Waals surface area contributed by atoms with Gasteiger partial charge in [-0.3, -0.25) is 0 Å². The van der Waals surface area contributed by atoms with Crippen molar-refractivity contribution in [1.82, 2.24) is 9.97 Å². The van der Waals surface area contributed by atoms with Crippen LogP contribution in [0.5, 0.6) is 0 Å². The van der Waals surface area contributed by atoms with E-state index in [1.807, 2.05) is 48.5 Å². The Kier molecular flexibility index (Phi) is 7.61. The maximum atomic E-state index is 6.67. The van der Waals surface area contributed by atoms with E-state index in [2.05, 4.69) is 171 Å². The third-order valence-electron chi connectivity index (χ3n) is 13.9. The fourth-order valence-electron chi connectivity index (χ4n) is 10.7. The van der Waals surface area contributed by atoms with Gasteiger partial charge in [0.05, 0.1) is 28.4 Å². The summed E-state index contributed by atoms with van der Waals surface area (Å²) >= 11 is 0. The van der Waals surface area contributed by atoms with Gasteiger partial charge < -0.3 is 18.6 Å². The number of anilines is 6. The molecule has 0 aliphatic carbocycles. The van der Waals surface area contributed by atoms with Gasteiger partial charge in [0.25, 0.3) is 0 Å². The fourth-order valence-corrected chi connectivity index (χ4v) is 10.7. The summed E-state index contributed by atoms with van der Waals surface area (Å²) in [4.78, 5) is 15.1. The third-order valence-corrected chi connectivity index (χ3v) is 13.9. The first-order valence-corrected chi connectivity index (χ1v) is 22.0. The molecule has 0 saturated heterocycles. The van der Waals surface area contributed by atoms with Crippen molar-refractivity contribution in [3.63, 3.8) is 0 Å². The summed E-state index contributed by atoms with van der Waals surface area (Å²) < 4.78 is 13.3. The molecule has 6 heteroatoms. The van der Waals surface area contributed by atoms with Gasteiger partial charge in [-0.15, -0.1) is 0 Å². The molecule has 0 fully saturated rings. The molecule has 0 atom stereocenters. The molecule has 2 aliphatic rings. The minimum absolute atomic E-state index is 0.213. The number of hydrogen-bond donors (Lipinski definition) is 0. The van der Waals surface area contributed by atoms with Gasteiger partial charge in [0.15, 0.2) is 11.2 Å². The zero-order chi connectivity index (χ0) is 42.9. The number of benzene rings is 9. The van der Waals surface area contributed by atoms with Crippen LogP contribution in [0.3, 0.4) is 0 Å². The molecule has 4 heterocycles. The third kappa shape index (κ3) is 5.20. The lowest BCUT2D eigenvalue weighted by molar-refractivity contribution is 0.619. The smallest absolute Gasteiger partial charge is 0.228 e. The monoisotopic (exact) mass is 826 g/mol. The lowest BCUT2D eigenvalue weighted by atomic mass is 9.73. The van der Waals surface area contributed by atoms with Crippen molar-refractivity contribution < 1.29 is 8.83 Å². The quantitative estimate of drug-likeness (QED) is 0.165. The summed E-state index contributed by atoms with van der Waals surface area (Å²) in [6.07, 6.45) is 0. The highest BCUT2D eigenvalue weighted by Crippen LogP contribution is 2.56. The lowest BCUT2D eigenvalue weighted by Gasteiger charge is -2.42. The predicted octanol–water partition coefficient (Wildman–Crippen LogP) is 15.8. The molecule has 2 aromatic heterocycles. The second-order valence-electron chi connectivity index (χ2n) is 18.2. The Morgan fingerprint density at radius 2 is 0.812 bits per heavy atom. The summed E-state index contributed by atoms with van der Waals surface area (Å²) in [5.41, 5.74) is 16.2. The highest BCUT2D eigenvalue weighted by Gasteiger charge is 2.39. The van der Waals surface area contributed by atoms with Crippen LogP contribution in [0.25, 0.3) is 66.7 Å². The maximum Gasteiger partial charge on any atom is 0.228 e. The molecule has 13 rings (SSSR count). The first-order chi connectivity index (χ1) is 31.2. The Morgan fingerprint density at radius 3 is 1.36 bits per heavy atom. The van der Waals surface area contributed by atoms with Crippen LogP contribution in [0.15, 0.2) is 191 Å². The molecule has 64 heavy (non-hydrogen) atoms. The number of nitrogens with zero attached hydrogens (tertiary/aromatic N) is 4. The molecule has 0 unspecified atom stereocenters. The highest BCUT2D eigenvalue weighted by molar-refractivity contribution is 6.18. The van der Waals surface area contributed by atoms with E-state index in [1.165, 1.54) is 22.3 Å². The Bertz CT molecular complexity index is 3560. The second-order valence-corrected chi connectivity index (χ2v) is 18.2. The van der Waals surface area contributed by atoms with Crippen LogP contribution in [-0.2, 0) is 10.8 Å². The Hall–Kier alpha value is -7.96. The minimum Gasteiger partial charge on any atom is -0.436 e. The van der Waals surface area contributed by atoms with Crippen molar-refractivity contribution in [2.75, 3.05) is 9.80 Å². The summed E-state index contributed by atoms with van der Waals surface area (Å²) in [5, 5.41) is 4.25. The van der Waals surface area contributed by atoms with Crippen LogP contribution in [0, 0.1) is 0 Å². The molecule has 9 aromatic carbocycles. The van der Waals surface area contributed by atoms with Crippen molar-refractivity contribution in [2.45, 2.75) is 38.5 Å². The summed E-state index contributed by atoms with van der Waals surface area (Å²) in [6, 6.07) is 64.9. The van der Waals surface area contributed by atoms with Gasteiger partial charge in [-0.2, -0.15) is 0 Å². The largest absolute Gasteiger partial charge is 0.436 e. The number of oxazole rings is 2. The molecule has 306 valence electrons. The van der Waals surface area contributed by atoms with Crippen molar-refractivity contribution in [3.8, 4) is 22.9 Å². The van der Waals surface area contributed by atoms with E-state index in [0.29, 0.717) is 11.8 Å². The zero-order valence-electron chi connectivity index (χ0n) is 35.9. The van der Waals surface area contributed by atoms with Gasteiger partial charge in [0, 0.05) is 33.0 Å². The number of fused-ring (bicyclic) bond motifs is 9. The molecule has 0 radical (unpaired) electrons. The Labute approximate surface area is 370 Å². The predicted molar refractivity (Wildman–Crippen MR) is 261 cm³/mol. The first-order valence-electron chi connectivity index (χ1n) is 22.0. The standard InChI is InChI=1S/C58H42N4O2/c1-57(2)42-17-5-11-23-48(42)61(49-24-12-6-18-43(49)57)36-33-40-37(41(34-36)56-60-47-22-10-16-28-54(47)64-56)29-30-38-39(40)31-35(55-59-46-21-9-15-27-53(46)63-55)32-52(38)62-50-25-13-7-19-44(50)58(3,4)45-20-8-14-26-51(45)62/h5-34H,1-4H3. The van der Waals surface area contributed by atoms with Gasteiger partial charge in [0.2, 0.25) is 11.8 Å². The van der Waals surface area contributed by atoms with Gasteiger partial charge in [-0.05, 0) is 111 Å². The van der Waals surface area contributed by atoms with Gasteiger partial charge in [0.1, 0.15) is 11.0 Å². The second kappa shape index (κ2) is 13.3. The molecular formula is C58H42N4O2. The van der Waals surface area contributed by atoms with E-state index in [4.69, 9.17) is 18.8 Å². The lowest BCUT2D eigenvalue weighted by Crippen LogP contribution is -2.30. The normalized spacial score (nSPS) is 14.8. The highest BCUT2D eigenvalue weighted by atomic mass is 16.4. The van der Waals surface area contributed by atoms with Crippen molar-refractivity contribution in [2.24, 2.45) is 0 Å². The fraction of sp³-hybridized carbons (Fsp3) is 0.103. The average Bonchev–Trinajstić information content (AvgIpc) is 3.97. The molecule has 0 N–H and O–H groups in total. The van der Waals surface area contributed by atoms with E-state index < -0.39 is 0 Å². The number of para-hydroxylation sites is 8. The first kappa shape index (κ1) is 36.7. The van der Waals surface area contributed by atoms with Gasteiger partial charge in [-0.1, -0.05) is 137 Å². The van der Waals surface area contributed by atoms with Crippen LogP contribution >= 0.6 is 0 Å². The number of aromatic nitrogens is 2. The van der Waals surface area contributed by atoms with Crippen molar-refractivity contribution in [1.29, 1.82) is 0 Å². The van der Waals surface area contributed by atoms with Crippen LogP contribution in [0.2, 0.25) is 0 Å². The summed E-state index contributed by atoms with van der Waals surface area (Å²) in [6.45, 7) is 9.31. The van der Waals surface area contributed by atoms with E-state index in [-0.39, 0.29) is 10.8 Å². The van der Waals surface area contributed by atoms with E-state index in [9.17, 15) is 0 Å². The maximum absolute atomic E-state index is 6.67. The molecule has 11 aromatic rings. The topological polar surface area (TPSA) is 58.5 Å². The summed E-state index contributed by atoms with van der Waals surface area (Å²) in [7, 11) is 0. The van der Waals surface area contributed by atoms with Crippen LogP contribution < -0.4 is 9.80 Å². The van der Waals surface area contributed by atoms with E-state index in [0.717, 1.165) is 89.0 Å². The van der Waals surface area contributed by atoms with Gasteiger partial charge in [-0.25, -0.2) is 9.97 Å². The number of hydrogen-bond acceptors (Lipinski definition) is 6. The van der Waals surface area contributed by atoms with Crippen molar-refractivity contribution >= 4 is 77.9 Å². The van der Waals surface area contributed by atoms with E-state index >= 15 is 0 Å². The zero-order valence-corrected chi connectivity index (χ0v) is 35.9. The molecule has 0 bridgehead atoms. The van der Waals surface area contributed by atoms with Crippen LogP contribution in [-0.4, -0.2) is 9.97 Å². The van der Waals surface area contributed by atoms with E-state index in [1.54, 1.807) is 0 Å². The average molecular weight is 827 g/mol. The minimum atomic E-state index is -0.219.